The molecule has 0 bridgehead atoms. The Morgan fingerprint density at radius 2 is 1.85 bits per heavy atom. The molecule has 1 fully saturated rings. The number of halogens is 1. The minimum Gasteiger partial charge on any atom is -0.481 e. The Hall–Kier alpha value is -5.86. The normalized spacial score (nSPS) is 14.8. The van der Waals surface area contributed by atoms with E-state index in [0.717, 1.165) is 18.4 Å². The van der Waals surface area contributed by atoms with Crippen molar-refractivity contribution in [3.05, 3.63) is 125 Å². The maximum atomic E-state index is 11.7. The minimum atomic E-state index is -1.68. The Morgan fingerprint density at radius 1 is 1.08 bits per heavy atom. The fourth-order valence-corrected chi connectivity index (χ4v) is 5.94. The van der Waals surface area contributed by atoms with Crippen molar-refractivity contribution < 1.29 is 11.3 Å². The largest absolute Gasteiger partial charge is 0.481 e. The highest BCUT2D eigenvalue weighted by Gasteiger charge is 2.28. The molecular weight excluding hydrogens is 626 g/mol. The molecule has 0 spiro atoms. The second kappa shape index (κ2) is 13.5. The maximum Gasteiger partial charge on any atom is 0.303 e. The standard InChI is InChI=1S/C36H30ClN9O2/c37-30-9-5-4-8-27(30)36(32-20-46(45-44-32)26-10-11-26)42-25-14-28(24-17-39-21-40-18-24)35-29(15-25)34(23(16-38)19-41-35)43-31(12-13-33(47)48)22-6-2-1-3-7-22/h1-9,14-15,17-21,26,31,36,42H,10-13H2,(H,41,43)(H,47,48)/i36D. The molecule has 3 N–H and O–H groups in total. The van der Waals surface area contributed by atoms with Crippen LogP contribution in [0.3, 0.4) is 0 Å². The van der Waals surface area contributed by atoms with Gasteiger partial charge in [-0.3, -0.25) is 9.78 Å². The summed E-state index contributed by atoms with van der Waals surface area (Å²) in [7, 11) is 0. The van der Waals surface area contributed by atoms with E-state index in [9.17, 15) is 16.5 Å². The summed E-state index contributed by atoms with van der Waals surface area (Å²) in [5, 5.41) is 36.4. The monoisotopic (exact) mass is 656 g/mol. The molecule has 2 unspecified atom stereocenters. The van der Waals surface area contributed by atoms with E-state index in [2.05, 4.69) is 37.0 Å². The van der Waals surface area contributed by atoms with E-state index in [0.29, 0.717) is 49.7 Å². The number of carboxylic acids is 1. The van der Waals surface area contributed by atoms with Gasteiger partial charge in [0.1, 0.15) is 18.1 Å². The van der Waals surface area contributed by atoms with Crippen LogP contribution in [0.25, 0.3) is 22.0 Å². The number of aromatic nitrogens is 6. The van der Waals surface area contributed by atoms with E-state index in [1.807, 2.05) is 48.5 Å². The quantitative estimate of drug-likeness (QED) is 0.122. The highest BCUT2D eigenvalue weighted by Crippen LogP contribution is 2.40. The minimum absolute atomic E-state index is 0.0857. The number of nitrogens with one attached hydrogen (secondary N) is 2. The number of nitrogens with zero attached hydrogens (tertiary/aromatic N) is 7. The van der Waals surface area contributed by atoms with Crippen LogP contribution in [0.15, 0.2) is 97.8 Å². The molecule has 3 aromatic carbocycles. The van der Waals surface area contributed by atoms with Gasteiger partial charge in [0.15, 0.2) is 0 Å². The molecule has 0 radical (unpaired) electrons. The number of fused-ring (bicyclic) bond motifs is 1. The van der Waals surface area contributed by atoms with E-state index >= 15 is 0 Å². The van der Waals surface area contributed by atoms with E-state index in [4.69, 9.17) is 16.6 Å². The number of carbonyl (C=O) groups is 1. The number of carboxylic acid groups (broad SMARTS) is 1. The lowest BCUT2D eigenvalue weighted by atomic mass is 9.97. The SMILES string of the molecule is [2H]C(Nc1cc(-c2cncnc2)c2ncc(C#N)c(NC(CCC(=O)O)c3ccccc3)c2c1)(c1cn(C2CC2)nn1)c1ccccc1Cl. The fourth-order valence-electron chi connectivity index (χ4n) is 5.71. The molecule has 1 aliphatic carbocycles. The van der Waals surface area contributed by atoms with E-state index in [1.165, 1.54) is 12.5 Å². The van der Waals surface area contributed by atoms with Gasteiger partial charge in [0.25, 0.3) is 0 Å². The highest BCUT2D eigenvalue weighted by molar-refractivity contribution is 6.31. The first kappa shape index (κ1) is 29.5. The first-order valence-electron chi connectivity index (χ1n) is 15.9. The van der Waals surface area contributed by atoms with Gasteiger partial charge in [-0.25, -0.2) is 14.6 Å². The van der Waals surface area contributed by atoms with Crippen molar-refractivity contribution in [2.24, 2.45) is 0 Å². The number of hydrogen-bond acceptors (Lipinski definition) is 9. The van der Waals surface area contributed by atoms with Crippen LogP contribution in [0.5, 0.6) is 0 Å². The molecular formula is C36H30ClN9O2. The summed E-state index contributed by atoms with van der Waals surface area (Å²) in [6, 6.07) is 20.7. The van der Waals surface area contributed by atoms with E-state index in [-0.39, 0.29) is 24.4 Å². The van der Waals surface area contributed by atoms with Crippen molar-refractivity contribution in [3.8, 4) is 17.2 Å². The van der Waals surface area contributed by atoms with Gasteiger partial charge in [-0.15, -0.1) is 5.10 Å². The third-order valence-corrected chi connectivity index (χ3v) is 8.56. The second-order valence-corrected chi connectivity index (χ2v) is 11.9. The molecule has 0 saturated heterocycles. The third kappa shape index (κ3) is 6.52. The average Bonchev–Trinajstić information content (AvgIpc) is 3.85. The molecule has 12 heteroatoms. The number of benzene rings is 3. The summed E-state index contributed by atoms with van der Waals surface area (Å²) in [4.78, 5) is 24.8. The maximum absolute atomic E-state index is 11.7. The Kier molecular flexibility index (Phi) is 8.29. The highest BCUT2D eigenvalue weighted by atomic mass is 35.5. The predicted octanol–water partition coefficient (Wildman–Crippen LogP) is 7.36. The molecule has 6 aromatic rings. The lowest BCUT2D eigenvalue weighted by molar-refractivity contribution is -0.137. The van der Waals surface area contributed by atoms with Crippen LogP contribution < -0.4 is 10.6 Å². The Labute approximate surface area is 282 Å². The van der Waals surface area contributed by atoms with Crippen molar-refractivity contribution in [3.63, 3.8) is 0 Å². The first-order chi connectivity index (χ1) is 23.8. The lowest BCUT2D eigenvalue weighted by Crippen LogP contribution is -2.15. The van der Waals surface area contributed by atoms with Crippen LogP contribution in [0.4, 0.5) is 11.4 Å². The number of aliphatic carboxylic acids is 1. The zero-order valence-electron chi connectivity index (χ0n) is 26.6. The molecule has 3 aromatic heterocycles. The molecule has 1 aliphatic rings. The van der Waals surface area contributed by atoms with Crippen molar-refractivity contribution in [1.82, 2.24) is 29.9 Å². The molecule has 48 heavy (non-hydrogen) atoms. The van der Waals surface area contributed by atoms with Crippen LogP contribution in [0, 0.1) is 11.3 Å². The molecule has 0 amide bonds. The fraction of sp³-hybridized carbons (Fsp3) is 0.194. The first-order valence-corrected chi connectivity index (χ1v) is 15.8. The van der Waals surface area contributed by atoms with Crippen LogP contribution in [-0.4, -0.2) is 41.0 Å². The van der Waals surface area contributed by atoms with E-state index in [1.54, 1.807) is 41.5 Å². The molecule has 2 atom stereocenters. The van der Waals surface area contributed by atoms with Gasteiger partial charge in [-0.1, -0.05) is 65.3 Å². The van der Waals surface area contributed by atoms with Gasteiger partial charge in [0.05, 0.1) is 42.4 Å². The topological polar surface area (TPSA) is 155 Å². The predicted molar refractivity (Wildman–Crippen MR) is 182 cm³/mol. The molecule has 11 nitrogen and oxygen atoms in total. The molecule has 7 rings (SSSR count). The zero-order valence-corrected chi connectivity index (χ0v) is 26.3. The van der Waals surface area contributed by atoms with Gasteiger partial charge in [-0.2, -0.15) is 5.26 Å². The van der Waals surface area contributed by atoms with Crippen LogP contribution in [0.1, 0.15) is 67.5 Å². The molecule has 238 valence electrons. The van der Waals surface area contributed by atoms with Gasteiger partial charge < -0.3 is 15.7 Å². The third-order valence-electron chi connectivity index (χ3n) is 8.23. The van der Waals surface area contributed by atoms with Gasteiger partial charge in [0, 0.05) is 52.2 Å². The number of nitriles is 1. The molecule has 1 saturated carbocycles. The number of hydrogen-bond donors (Lipinski definition) is 3. The number of pyridine rings is 1. The van der Waals surface area contributed by atoms with Crippen LogP contribution in [-0.2, 0) is 4.79 Å². The summed E-state index contributed by atoms with van der Waals surface area (Å²) < 4.78 is 11.7. The Balaban J connectivity index is 1.42. The number of rotatable bonds is 12. The van der Waals surface area contributed by atoms with Gasteiger partial charge in [-0.05, 0) is 48.6 Å². The number of anilines is 2. The second-order valence-electron chi connectivity index (χ2n) is 11.5. The summed E-state index contributed by atoms with van der Waals surface area (Å²) in [6.07, 6.45) is 10.2. The van der Waals surface area contributed by atoms with Crippen molar-refractivity contribution >= 4 is 39.8 Å². The Morgan fingerprint density at radius 3 is 2.58 bits per heavy atom. The Bertz CT molecular complexity index is 2190. The van der Waals surface area contributed by atoms with Crippen molar-refractivity contribution in [1.29, 1.82) is 5.26 Å². The smallest absolute Gasteiger partial charge is 0.303 e. The van der Waals surface area contributed by atoms with Crippen LogP contribution in [0.2, 0.25) is 5.02 Å². The zero-order chi connectivity index (χ0) is 34.0. The summed E-state index contributed by atoms with van der Waals surface area (Å²) in [5.74, 6) is -0.925. The van der Waals surface area contributed by atoms with Crippen molar-refractivity contribution in [2.75, 3.05) is 10.6 Å². The average molecular weight is 657 g/mol. The summed E-state index contributed by atoms with van der Waals surface area (Å²) in [6.45, 7) is 0. The summed E-state index contributed by atoms with van der Waals surface area (Å²) >= 11 is 6.73. The van der Waals surface area contributed by atoms with Gasteiger partial charge in [0.2, 0.25) is 0 Å². The molecule has 3 heterocycles. The van der Waals surface area contributed by atoms with Crippen LogP contribution >= 0.6 is 11.6 Å². The molecule has 0 aliphatic heterocycles. The van der Waals surface area contributed by atoms with Crippen molar-refractivity contribution in [2.45, 2.75) is 43.8 Å². The van der Waals surface area contributed by atoms with E-state index < -0.39 is 18.0 Å². The summed E-state index contributed by atoms with van der Waals surface area (Å²) in [5.41, 5.74) is 4.82. The van der Waals surface area contributed by atoms with Gasteiger partial charge >= 0.3 is 5.97 Å². The lowest BCUT2D eigenvalue weighted by Gasteiger charge is -2.24.